The zero-order valence-corrected chi connectivity index (χ0v) is 16.1. The first-order chi connectivity index (χ1) is 11.9. The van der Waals surface area contributed by atoms with Gasteiger partial charge in [-0.2, -0.15) is 0 Å². The predicted octanol–water partition coefficient (Wildman–Crippen LogP) is 3.86. The van der Waals surface area contributed by atoms with Crippen LogP contribution in [0.25, 0.3) is 0 Å². The minimum Gasteiger partial charge on any atom is -0.382 e. The highest BCUT2D eigenvalue weighted by atomic mass is 35.5. The van der Waals surface area contributed by atoms with Crippen LogP contribution in [0, 0.1) is 5.41 Å². The topological polar surface area (TPSA) is 94.0 Å². The van der Waals surface area contributed by atoms with Gasteiger partial charge in [-0.1, -0.05) is 43.6 Å². The molecule has 1 aliphatic rings. The second-order valence-corrected chi connectivity index (χ2v) is 8.09. The molecule has 25 heavy (non-hydrogen) atoms. The molecule has 0 aliphatic carbocycles. The van der Waals surface area contributed by atoms with E-state index in [0.29, 0.717) is 27.1 Å². The van der Waals surface area contributed by atoms with Gasteiger partial charge in [0.05, 0.1) is 11.2 Å². The fraction of sp³-hybridized carbons (Fsp3) is 0.471. The van der Waals surface area contributed by atoms with Crippen LogP contribution in [0.5, 0.6) is 0 Å². The lowest BCUT2D eigenvalue weighted by atomic mass is 9.78. The number of hydrogen-bond donors (Lipinski definition) is 2. The van der Waals surface area contributed by atoms with Crippen molar-refractivity contribution in [1.29, 1.82) is 0 Å². The van der Waals surface area contributed by atoms with Gasteiger partial charge in [-0.05, 0) is 24.3 Å². The summed E-state index contributed by atoms with van der Waals surface area (Å²) >= 11 is 7.53. The van der Waals surface area contributed by atoms with E-state index in [4.69, 9.17) is 23.1 Å². The average Bonchev–Trinajstić information content (AvgIpc) is 2.61. The SMILES string of the molecule is CCC1(C)CCN(c2cnc(Sc3ccnc(N)c3Cl)c(N)n2)CC1. The Morgan fingerprint density at radius 2 is 1.96 bits per heavy atom. The van der Waals surface area contributed by atoms with E-state index in [1.54, 1.807) is 18.5 Å². The zero-order valence-electron chi connectivity index (χ0n) is 14.5. The number of nitrogens with zero attached hydrogens (tertiary/aromatic N) is 4. The third-order valence-electron chi connectivity index (χ3n) is 4.99. The maximum Gasteiger partial charge on any atom is 0.158 e. The molecule has 4 N–H and O–H groups in total. The molecule has 3 rings (SSSR count). The van der Waals surface area contributed by atoms with E-state index in [2.05, 4.69) is 33.7 Å². The van der Waals surface area contributed by atoms with E-state index in [9.17, 15) is 0 Å². The Hall–Kier alpha value is -1.73. The number of aromatic nitrogens is 3. The van der Waals surface area contributed by atoms with Crippen LogP contribution in [0.2, 0.25) is 5.02 Å². The Morgan fingerprint density at radius 1 is 1.24 bits per heavy atom. The van der Waals surface area contributed by atoms with Gasteiger partial charge < -0.3 is 16.4 Å². The van der Waals surface area contributed by atoms with Crippen LogP contribution in [0.4, 0.5) is 17.5 Å². The van der Waals surface area contributed by atoms with Crippen LogP contribution < -0.4 is 16.4 Å². The molecule has 2 aromatic rings. The summed E-state index contributed by atoms with van der Waals surface area (Å²) < 4.78 is 0. The molecule has 0 unspecified atom stereocenters. The quantitative estimate of drug-likeness (QED) is 0.834. The van der Waals surface area contributed by atoms with Gasteiger partial charge in [0, 0.05) is 24.2 Å². The maximum absolute atomic E-state index is 6.18. The first-order valence-corrected chi connectivity index (χ1v) is 9.56. The van der Waals surface area contributed by atoms with Crippen LogP contribution in [-0.4, -0.2) is 28.0 Å². The molecule has 0 spiro atoms. The molecular formula is C17H23ClN6S. The average molecular weight is 379 g/mol. The Labute approximate surface area is 157 Å². The van der Waals surface area contributed by atoms with Crippen LogP contribution >= 0.6 is 23.4 Å². The number of anilines is 3. The fourth-order valence-electron chi connectivity index (χ4n) is 2.87. The van der Waals surface area contributed by atoms with Gasteiger partial charge in [0.1, 0.15) is 16.7 Å². The van der Waals surface area contributed by atoms with Crippen LogP contribution in [0.15, 0.2) is 28.4 Å². The lowest BCUT2D eigenvalue weighted by molar-refractivity contribution is 0.237. The number of nitrogens with two attached hydrogens (primary N) is 2. The Balaban J connectivity index is 1.74. The summed E-state index contributed by atoms with van der Waals surface area (Å²) in [5, 5.41) is 1.03. The molecule has 1 fully saturated rings. The molecule has 0 atom stereocenters. The van der Waals surface area contributed by atoms with Gasteiger partial charge in [-0.15, -0.1) is 0 Å². The van der Waals surface area contributed by atoms with E-state index in [1.807, 2.05) is 0 Å². The molecule has 8 heteroatoms. The summed E-state index contributed by atoms with van der Waals surface area (Å²) in [5.41, 5.74) is 12.3. The van der Waals surface area contributed by atoms with Crippen molar-refractivity contribution >= 4 is 40.8 Å². The van der Waals surface area contributed by atoms with E-state index < -0.39 is 0 Å². The molecule has 2 aromatic heterocycles. The second kappa shape index (κ2) is 7.25. The molecule has 0 radical (unpaired) electrons. The Morgan fingerprint density at radius 3 is 2.60 bits per heavy atom. The largest absolute Gasteiger partial charge is 0.382 e. The first-order valence-electron chi connectivity index (χ1n) is 8.37. The predicted molar refractivity (Wildman–Crippen MR) is 104 cm³/mol. The maximum atomic E-state index is 6.18. The highest BCUT2D eigenvalue weighted by Crippen LogP contribution is 2.38. The van der Waals surface area contributed by atoms with Crippen molar-refractivity contribution in [2.24, 2.45) is 5.41 Å². The number of pyridine rings is 1. The van der Waals surface area contributed by atoms with Crippen molar-refractivity contribution in [3.05, 3.63) is 23.5 Å². The minimum absolute atomic E-state index is 0.294. The summed E-state index contributed by atoms with van der Waals surface area (Å²) in [7, 11) is 0. The second-order valence-electron chi connectivity index (χ2n) is 6.68. The summed E-state index contributed by atoms with van der Waals surface area (Å²) in [6.07, 6.45) is 6.92. The molecule has 0 bridgehead atoms. The standard InChI is InChI=1S/C17H23ClN6S/c1-3-17(2)5-8-24(9-6-17)12-10-22-16(15(20)23-12)25-11-4-7-21-14(19)13(11)18/h4,7,10H,3,5-6,8-9H2,1-2H3,(H2,19,21)(H2,20,23). The number of nitrogen functional groups attached to an aromatic ring is 2. The van der Waals surface area contributed by atoms with Gasteiger partial charge >= 0.3 is 0 Å². The highest BCUT2D eigenvalue weighted by molar-refractivity contribution is 7.99. The molecular weight excluding hydrogens is 356 g/mol. The van der Waals surface area contributed by atoms with Crippen molar-refractivity contribution in [2.75, 3.05) is 29.5 Å². The van der Waals surface area contributed by atoms with Gasteiger partial charge in [-0.25, -0.2) is 15.0 Å². The minimum atomic E-state index is 0.294. The molecule has 6 nitrogen and oxygen atoms in total. The molecule has 1 aliphatic heterocycles. The summed E-state index contributed by atoms with van der Waals surface area (Å²) in [6, 6.07) is 1.79. The van der Waals surface area contributed by atoms with Gasteiger partial charge in [0.25, 0.3) is 0 Å². The van der Waals surface area contributed by atoms with Crippen molar-refractivity contribution in [1.82, 2.24) is 15.0 Å². The highest BCUT2D eigenvalue weighted by Gasteiger charge is 2.29. The first kappa shape index (κ1) is 18.1. The molecule has 0 amide bonds. The van der Waals surface area contributed by atoms with Crippen LogP contribution in [0.3, 0.4) is 0 Å². The van der Waals surface area contributed by atoms with Crippen LogP contribution in [0.1, 0.15) is 33.1 Å². The Kier molecular flexibility index (Phi) is 5.24. The van der Waals surface area contributed by atoms with Gasteiger partial charge in [-0.3, -0.25) is 0 Å². The normalized spacial score (nSPS) is 16.8. The van der Waals surface area contributed by atoms with E-state index >= 15 is 0 Å². The van der Waals surface area contributed by atoms with Crippen molar-refractivity contribution in [3.63, 3.8) is 0 Å². The molecule has 1 saturated heterocycles. The molecule has 134 valence electrons. The fourth-order valence-corrected chi connectivity index (χ4v) is 3.88. The monoisotopic (exact) mass is 378 g/mol. The summed E-state index contributed by atoms with van der Waals surface area (Å²) in [5.74, 6) is 1.53. The van der Waals surface area contributed by atoms with E-state index in [0.717, 1.165) is 36.6 Å². The van der Waals surface area contributed by atoms with Crippen LogP contribution in [-0.2, 0) is 0 Å². The zero-order chi connectivity index (χ0) is 18.0. The van der Waals surface area contributed by atoms with Gasteiger partial charge in [0.2, 0.25) is 0 Å². The number of piperidine rings is 1. The molecule has 0 saturated carbocycles. The Bertz CT molecular complexity index is 761. The van der Waals surface area contributed by atoms with Crippen molar-refractivity contribution in [2.45, 2.75) is 43.0 Å². The molecule has 0 aromatic carbocycles. The summed E-state index contributed by atoms with van der Waals surface area (Å²) in [6.45, 7) is 6.58. The third kappa shape index (κ3) is 3.93. The van der Waals surface area contributed by atoms with Crippen molar-refractivity contribution < 1.29 is 0 Å². The smallest absolute Gasteiger partial charge is 0.158 e. The third-order valence-corrected chi connectivity index (χ3v) is 6.56. The van der Waals surface area contributed by atoms with Crippen molar-refractivity contribution in [3.8, 4) is 0 Å². The van der Waals surface area contributed by atoms with E-state index in [-0.39, 0.29) is 0 Å². The van der Waals surface area contributed by atoms with Gasteiger partial charge in [0.15, 0.2) is 5.82 Å². The summed E-state index contributed by atoms with van der Waals surface area (Å²) in [4.78, 5) is 16.0. The lowest BCUT2D eigenvalue weighted by Crippen LogP contribution is -2.39. The van der Waals surface area contributed by atoms with E-state index in [1.165, 1.54) is 18.2 Å². The number of rotatable bonds is 4. The lowest BCUT2D eigenvalue weighted by Gasteiger charge is -2.39. The molecule has 3 heterocycles. The number of hydrogen-bond acceptors (Lipinski definition) is 7. The number of halogens is 1.